The van der Waals surface area contributed by atoms with Crippen LogP contribution in [0.3, 0.4) is 0 Å². The Morgan fingerprint density at radius 3 is 2.63 bits per heavy atom. The minimum absolute atomic E-state index is 0.126. The second-order valence-corrected chi connectivity index (χ2v) is 8.92. The summed E-state index contributed by atoms with van der Waals surface area (Å²) >= 11 is 0. The number of nitrogens with zero attached hydrogens (tertiary/aromatic N) is 5. The molecule has 2 amide bonds. The minimum atomic E-state index is -1.14. The van der Waals surface area contributed by atoms with E-state index in [1.165, 1.54) is 11.0 Å². The molecule has 0 radical (unpaired) electrons. The lowest BCUT2D eigenvalue weighted by Crippen LogP contribution is -2.48. The fourth-order valence-corrected chi connectivity index (χ4v) is 5.23. The molecule has 1 N–H and O–H groups in total. The lowest BCUT2D eigenvalue weighted by atomic mass is 9.85. The number of pyridine rings is 1. The highest BCUT2D eigenvalue weighted by Gasteiger charge is 2.45. The maximum atomic E-state index is 14.0. The van der Waals surface area contributed by atoms with Crippen LogP contribution in [0.2, 0.25) is 0 Å². The summed E-state index contributed by atoms with van der Waals surface area (Å²) in [6.45, 7) is 3.10. The van der Waals surface area contributed by atoms with E-state index < -0.39 is 41.5 Å². The van der Waals surface area contributed by atoms with Crippen molar-refractivity contribution in [2.24, 2.45) is 11.8 Å². The van der Waals surface area contributed by atoms with E-state index in [1.807, 2.05) is 23.1 Å². The van der Waals surface area contributed by atoms with Crippen molar-refractivity contribution in [2.75, 3.05) is 37.6 Å². The molecule has 2 unspecified atom stereocenters. The smallest absolute Gasteiger partial charge is 0.407 e. The summed E-state index contributed by atoms with van der Waals surface area (Å²) in [5.41, 5.74) is 0.436. The Hall–Kier alpha value is -3.74. The van der Waals surface area contributed by atoms with Gasteiger partial charge in [0.25, 0.3) is 0 Å². The normalized spacial score (nSPS) is 24.2. The highest BCUT2D eigenvalue weighted by molar-refractivity contribution is 5.81. The van der Waals surface area contributed by atoms with Crippen molar-refractivity contribution in [2.45, 2.75) is 25.3 Å². The van der Waals surface area contributed by atoms with Gasteiger partial charge in [0.15, 0.2) is 11.6 Å². The standard InChI is InChI=1S/C25H27F2N5O3/c1-2-32(25(34)35)22-15-31(14-19(22)16-6-7-20(26)21(27)11-16)24(33)18-8-10-30(13-17(18)12-28)23-5-3-4-9-29-23/h3-7,9,11,17-19,22H,2,8,10,13-15H2,1H3,(H,34,35)/t17?,18?,19-,22+/m0/s1. The van der Waals surface area contributed by atoms with E-state index in [-0.39, 0.29) is 25.5 Å². The van der Waals surface area contributed by atoms with Gasteiger partial charge in [0, 0.05) is 44.8 Å². The van der Waals surface area contributed by atoms with Crippen molar-refractivity contribution in [3.8, 4) is 6.07 Å². The number of anilines is 1. The lowest BCUT2D eigenvalue weighted by molar-refractivity contribution is -0.136. The molecule has 2 aromatic rings. The number of hydrogen-bond donors (Lipinski definition) is 1. The van der Waals surface area contributed by atoms with Crippen molar-refractivity contribution in [3.05, 3.63) is 59.8 Å². The SMILES string of the molecule is CCN(C(=O)O)[C@@H]1CN(C(=O)C2CCN(c3ccccn3)CC2C#N)C[C@H]1c1ccc(F)c(F)c1. The molecule has 35 heavy (non-hydrogen) atoms. The summed E-state index contributed by atoms with van der Waals surface area (Å²) < 4.78 is 27.5. The second kappa shape index (κ2) is 10.3. The monoisotopic (exact) mass is 483 g/mol. The second-order valence-electron chi connectivity index (χ2n) is 8.92. The van der Waals surface area contributed by atoms with Crippen LogP contribution < -0.4 is 4.90 Å². The summed E-state index contributed by atoms with van der Waals surface area (Å²) in [5.74, 6) is -3.08. The van der Waals surface area contributed by atoms with Crippen LogP contribution in [-0.2, 0) is 4.79 Å². The van der Waals surface area contributed by atoms with E-state index in [2.05, 4.69) is 11.1 Å². The quantitative estimate of drug-likeness (QED) is 0.700. The summed E-state index contributed by atoms with van der Waals surface area (Å²) in [6, 6.07) is 10.7. The van der Waals surface area contributed by atoms with Gasteiger partial charge in [-0.05, 0) is 43.2 Å². The van der Waals surface area contributed by atoms with Crippen LogP contribution in [0.5, 0.6) is 0 Å². The maximum absolute atomic E-state index is 14.0. The van der Waals surface area contributed by atoms with Crippen molar-refractivity contribution in [1.29, 1.82) is 5.26 Å². The predicted octanol–water partition coefficient (Wildman–Crippen LogP) is 3.32. The van der Waals surface area contributed by atoms with Gasteiger partial charge in [0.05, 0.1) is 23.9 Å². The molecule has 0 saturated carbocycles. The molecule has 2 aliphatic heterocycles. The number of benzene rings is 1. The average Bonchev–Trinajstić information content (AvgIpc) is 3.30. The van der Waals surface area contributed by atoms with E-state index in [1.54, 1.807) is 18.0 Å². The number of likely N-dealkylation sites (N-methyl/N-ethyl adjacent to an activating group) is 1. The van der Waals surface area contributed by atoms with Crippen molar-refractivity contribution in [3.63, 3.8) is 0 Å². The summed E-state index contributed by atoms with van der Waals surface area (Å²) in [4.78, 5) is 34.6. The Morgan fingerprint density at radius 2 is 2.00 bits per heavy atom. The highest BCUT2D eigenvalue weighted by Crippen LogP contribution is 2.35. The van der Waals surface area contributed by atoms with Crippen molar-refractivity contribution >= 4 is 17.8 Å². The van der Waals surface area contributed by atoms with Crippen LogP contribution in [0.4, 0.5) is 19.4 Å². The van der Waals surface area contributed by atoms with Crippen LogP contribution in [-0.4, -0.2) is 70.7 Å². The molecule has 1 aromatic heterocycles. The molecule has 4 rings (SSSR count). The molecule has 2 aliphatic rings. The number of nitriles is 1. The van der Waals surface area contributed by atoms with Crippen LogP contribution in [0.25, 0.3) is 0 Å². The largest absolute Gasteiger partial charge is 0.465 e. The zero-order chi connectivity index (χ0) is 25.1. The molecule has 0 aliphatic carbocycles. The molecule has 184 valence electrons. The Morgan fingerprint density at radius 1 is 1.20 bits per heavy atom. The lowest BCUT2D eigenvalue weighted by Gasteiger charge is -2.37. The van der Waals surface area contributed by atoms with Crippen LogP contribution in [0, 0.1) is 34.8 Å². The molecule has 8 nitrogen and oxygen atoms in total. The number of aromatic nitrogens is 1. The summed E-state index contributed by atoms with van der Waals surface area (Å²) in [7, 11) is 0. The predicted molar refractivity (Wildman–Crippen MR) is 124 cm³/mol. The average molecular weight is 484 g/mol. The first kappa shape index (κ1) is 24.4. The Kier molecular flexibility index (Phi) is 7.15. The molecule has 1 aromatic carbocycles. The third kappa shape index (κ3) is 4.90. The van der Waals surface area contributed by atoms with Crippen molar-refractivity contribution < 1.29 is 23.5 Å². The maximum Gasteiger partial charge on any atom is 0.407 e. The van der Waals surface area contributed by atoms with E-state index in [9.17, 15) is 28.7 Å². The zero-order valence-electron chi connectivity index (χ0n) is 19.3. The number of amides is 2. The molecule has 3 heterocycles. The number of hydrogen-bond acceptors (Lipinski definition) is 5. The minimum Gasteiger partial charge on any atom is -0.465 e. The first-order valence-electron chi connectivity index (χ1n) is 11.6. The summed E-state index contributed by atoms with van der Waals surface area (Å²) in [6.07, 6.45) is 0.998. The van der Waals surface area contributed by atoms with Gasteiger partial charge in [-0.25, -0.2) is 18.6 Å². The zero-order valence-corrected chi connectivity index (χ0v) is 19.3. The van der Waals surface area contributed by atoms with Gasteiger partial charge < -0.3 is 19.8 Å². The number of piperidine rings is 1. The van der Waals surface area contributed by atoms with Gasteiger partial charge in [-0.1, -0.05) is 12.1 Å². The number of likely N-dealkylation sites (tertiary alicyclic amines) is 1. The topological polar surface area (TPSA) is 101 Å². The van der Waals surface area contributed by atoms with E-state index in [0.717, 1.165) is 18.0 Å². The van der Waals surface area contributed by atoms with Gasteiger partial charge in [-0.15, -0.1) is 0 Å². The fraction of sp³-hybridized carbons (Fsp3) is 0.440. The molecule has 2 saturated heterocycles. The van der Waals surface area contributed by atoms with Crippen LogP contribution in [0.1, 0.15) is 24.8 Å². The van der Waals surface area contributed by atoms with Gasteiger partial charge in [0.2, 0.25) is 5.91 Å². The number of carbonyl (C=O) groups is 2. The molecular formula is C25H27F2N5O3. The highest BCUT2D eigenvalue weighted by atomic mass is 19.2. The van der Waals surface area contributed by atoms with Crippen LogP contribution >= 0.6 is 0 Å². The van der Waals surface area contributed by atoms with Gasteiger partial charge in [0.1, 0.15) is 5.82 Å². The third-order valence-electron chi connectivity index (χ3n) is 7.03. The van der Waals surface area contributed by atoms with Gasteiger partial charge in [-0.3, -0.25) is 4.79 Å². The molecule has 0 bridgehead atoms. The van der Waals surface area contributed by atoms with E-state index in [0.29, 0.717) is 25.1 Å². The first-order valence-corrected chi connectivity index (χ1v) is 11.6. The van der Waals surface area contributed by atoms with Crippen molar-refractivity contribution in [1.82, 2.24) is 14.8 Å². The van der Waals surface area contributed by atoms with Gasteiger partial charge in [-0.2, -0.15) is 5.26 Å². The van der Waals surface area contributed by atoms with E-state index >= 15 is 0 Å². The molecule has 2 fully saturated rings. The fourth-order valence-electron chi connectivity index (χ4n) is 5.23. The van der Waals surface area contributed by atoms with Gasteiger partial charge >= 0.3 is 6.09 Å². The summed E-state index contributed by atoms with van der Waals surface area (Å²) in [5, 5.41) is 19.5. The first-order chi connectivity index (χ1) is 16.8. The molecule has 0 spiro atoms. The van der Waals surface area contributed by atoms with Crippen LogP contribution in [0.15, 0.2) is 42.6 Å². The Labute approximate surface area is 202 Å². The molecule has 10 heteroatoms. The Bertz CT molecular complexity index is 1130. The number of carboxylic acid groups (broad SMARTS) is 1. The number of rotatable bonds is 5. The number of carbonyl (C=O) groups excluding carboxylic acids is 1. The molecule has 4 atom stereocenters. The third-order valence-corrected chi connectivity index (χ3v) is 7.03. The Balaban J connectivity index is 1.55. The number of halogens is 2. The molecular weight excluding hydrogens is 456 g/mol. The van der Waals surface area contributed by atoms with E-state index in [4.69, 9.17) is 0 Å².